The van der Waals surface area contributed by atoms with Crippen LogP contribution >= 0.6 is 0 Å². The van der Waals surface area contributed by atoms with Crippen LogP contribution < -0.4 is 0 Å². The van der Waals surface area contributed by atoms with E-state index in [0.717, 1.165) is 32.2 Å². The van der Waals surface area contributed by atoms with Crippen molar-refractivity contribution < 1.29 is 4.79 Å². The first kappa shape index (κ1) is 13.4. The van der Waals surface area contributed by atoms with Crippen molar-refractivity contribution in [3.8, 4) is 0 Å². The van der Waals surface area contributed by atoms with Gasteiger partial charge in [-0.25, -0.2) is 0 Å². The zero-order valence-electron chi connectivity index (χ0n) is 12.0. The molecule has 1 amide bonds. The van der Waals surface area contributed by atoms with Gasteiger partial charge in [-0.2, -0.15) is 0 Å². The lowest BCUT2D eigenvalue weighted by Crippen LogP contribution is -2.44. The molecule has 106 valence electrons. The van der Waals surface area contributed by atoms with E-state index in [2.05, 4.69) is 41.3 Å². The second kappa shape index (κ2) is 6.25. The van der Waals surface area contributed by atoms with E-state index in [1.54, 1.807) is 0 Å². The van der Waals surface area contributed by atoms with E-state index in [4.69, 9.17) is 0 Å². The second-order valence-corrected chi connectivity index (χ2v) is 6.00. The third-order valence-electron chi connectivity index (χ3n) is 4.35. The molecule has 0 bridgehead atoms. The molecule has 1 saturated heterocycles. The Morgan fingerprint density at radius 2 is 1.95 bits per heavy atom. The number of amides is 1. The average Bonchev–Trinajstić information content (AvgIpc) is 3.33. The lowest BCUT2D eigenvalue weighted by atomic mass is 9.98. The van der Waals surface area contributed by atoms with Crippen molar-refractivity contribution in [2.45, 2.75) is 44.6 Å². The van der Waals surface area contributed by atoms with Crippen molar-refractivity contribution in [1.29, 1.82) is 0 Å². The maximum absolute atomic E-state index is 12.3. The smallest absolute Gasteiger partial charge is 0.225 e. The molecular formula is C18H23NO. The van der Waals surface area contributed by atoms with Gasteiger partial charge < -0.3 is 4.90 Å². The summed E-state index contributed by atoms with van der Waals surface area (Å²) in [4.78, 5) is 14.5. The molecule has 0 aromatic heterocycles. The molecule has 1 aromatic carbocycles. The van der Waals surface area contributed by atoms with Crippen LogP contribution in [-0.2, 0) is 4.79 Å². The summed E-state index contributed by atoms with van der Waals surface area (Å²) >= 11 is 0. The summed E-state index contributed by atoms with van der Waals surface area (Å²) in [6.45, 7) is 0.971. The SMILES string of the molecule is O=C(C1CC1)N1CCCCC1C/C=C\c1ccccc1. The predicted octanol–water partition coefficient (Wildman–Crippen LogP) is 3.88. The number of benzene rings is 1. The Hall–Kier alpha value is -1.57. The second-order valence-electron chi connectivity index (χ2n) is 6.00. The fourth-order valence-corrected chi connectivity index (χ4v) is 3.03. The average molecular weight is 269 g/mol. The topological polar surface area (TPSA) is 20.3 Å². The number of carbonyl (C=O) groups excluding carboxylic acids is 1. The fraction of sp³-hybridized carbons (Fsp3) is 0.500. The van der Waals surface area contributed by atoms with Crippen LogP contribution in [0.15, 0.2) is 36.4 Å². The van der Waals surface area contributed by atoms with Crippen LogP contribution in [0.1, 0.15) is 44.1 Å². The van der Waals surface area contributed by atoms with E-state index in [1.807, 2.05) is 6.07 Å². The molecule has 1 heterocycles. The number of piperidine rings is 1. The standard InChI is InChI=1S/C18H23NO/c20-18(16-12-13-16)19-14-5-4-10-17(19)11-6-9-15-7-2-1-3-8-15/h1-3,6-9,16-17H,4-5,10-14H2/b9-6-. The minimum Gasteiger partial charge on any atom is -0.339 e. The van der Waals surface area contributed by atoms with Gasteiger partial charge in [0.15, 0.2) is 0 Å². The summed E-state index contributed by atoms with van der Waals surface area (Å²) in [5.41, 5.74) is 1.24. The Morgan fingerprint density at radius 1 is 1.15 bits per heavy atom. The maximum Gasteiger partial charge on any atom is 0.225 e. The van der Waals surface area contributed by atoms with Gasteiger partial charge >= 0.3 is 0 Å². The van der Waals surface area contributed by atoms with Crippen LogP contribution in [0.2, 0.25) is 0 Å². The quantitative estimate of drug-likeness (QED) is 0.812. The van der Waals surface area contributed by atoms with Gasteiger partial charge in [0, 0.05) is 18.5 Å². The normalized spacial score (nSPS) is 23.2. The van der Waals surface area contributed by atoms with Gasteiger partial charge in [-0.3, -0.25) is 4.79 Å². The Balaban J connectivity index is 1.59. The molecular weight excluding hydrogens is 246 g/mol. The molecule has 0 radical (unpaired) electrons. The molecule has 0 spiro atoms. The van der Waals surface area contributed by atoms with Crippen molar-refractivity contribution in [2.75, 3.05) is 6.54 Å². The minimum absolute atomic E-state index is 0.355. The van der Waals surface area contributed by atoms with Crippen LogP contribution in [0.5, 0.6) is 0 Å². The van der Waals surface area contributed by atoms with E-state index in [0.29, 0.717) is 17.9 Å². The Morgan fingerprint density at radius 3 is 2.70 bits per heavy atom. The first-order valence-electron chi connectivity index (χ1n) is 7.86. The Kier molecular flexibility index (Phi) is 4.19. The van der Waals surface area contributed by atoms with E-state index in [1.165, 1.54) is 18.4 Å². The van der Waals surface area contributed by atoms with Gasteiger partial charge in [0.2, 0.25) is 5.91 Å². The van der Waals surface area contributed by atoms with Crippen molar-refractivity contribution in [2.24, 2.45) is 5.92 Å². The highest BCUT2D eigenvalue weighted by Crippen LogP contribution is 2.33. The van der Waals surface area contributed by atoms with Crippen molar-refractivity contribution >= 4 is 12.0 Å². The fourth-order valence-electron chi connectivity index (χ4n) is 3.03. The highest BCUT2D eigenvalue weighted by molar-refractivity contribution is 5.81. The highest BCUT2D eigenvalue weighted by Gasteiger charge is 2.36. The molecule has 0 N–H and O–H groups in total. The number of hydrogen-bond donors (Lipinski definition) is 0. The summed E-state index contributed by atoms with van der Waals surface area (Å²) in [7, 11) is 0. The van der Waals surface area contributed by atoms with Gasteiger partial charge in [-0.05, 0) is 44.1 Å². The minimum atomic E-state index is 0.355. The Bertz CT molecular complexity index is 475. The van der Waals surface area contributed by atoms with Crippen LogP contribution in [0.4, 0.5) is 0 Å². The first-order chi connectivity index (χ1) is 9.84. The molecule has 1 aliphatic carbocycles. The van der Waals surface area contributed by atoms with Crippen LogP contribution in [0, 0.1) is 5.92 Å². The number of carbonyl (C=O) groups is 1. The lowest BCUT2D eigenvalue weighted by molar-refractivity contribution is -0.136. The molecule has 1 atom stereocenters. The van der Waals surface area contributed by atoms with Gasteiger partial charge in [-0.1, -0.05) is 42.5 Å². The van der Waals surface area contributed by atoms with Gasteiger partial charge in [0.1, 0.15) is 0 Å². The molecule has 2 fully saturated rings. The number of nitrogens with zero attached hydrogens (tertiary/aromatic N) is 1. The van der Waals surface area contributed by atoms with Crippen LogP contribution in [-0.4, -0.2) is 23.4 Å². The largest absolute Gasteiger partial charge is 0.339 e. The van der Waals surface area contributed by atoms with Crippen molar-refractivity contribution in [3.63, 3.8) is 0 Å². The molecule has 1 aliphatic heterocycles. The molecule has 2 heteroatoms. The van der Waals surface area contributed by atoms with Crippen LogP contribution in [0.25, 0.3) is 6.08 Å². The van der Waals surface area contributed by atoms with Crippen molar-refractivity contribution in [1.82, 2.24) is 4.90 Å². The predicted molar refractivity (Wildman–Crippen MR) is 82.2 cm³/mol. The summed E-state index contributed by atoms with van der Waals surface area (Å²) < 4.78 is 0. The van der Waals surface area contributed by atoms with Gasteiger partial charge in [0.05, 0.1) is 0 Å². The van der Waals surface area contributed by atoms with Crippen molar-refractivity contribution in [3.05, 3.63) is 42.0 Å². The zero-order valence-corrected chi connectivity index (χ0v) is 12.0. The Labute approximate surface area is 121 Å². The van der Waals surface area contributed by atoms with E-state index >= 15 is 0 Å². The number of hydrogen-bond acceptors (Lipinski definition) is 1. The molecule has 3 rings (SSSR count). The number of likely N-dealkylation sites (tertiary alicyclic amines) is 1. The van der Waals surface area contributed by atoms with Gasteiger partial charge in [-0.15, -0.1) is 0 Å². The molecule has 20 heavy (non-hydrogen) atoms. The third-order valence-corrected chi connectivity index (χ3v) is 4.35. The molecule has 1 saturated carbocycles. The molecule has 1 aromatic rings. The number of rotatable bonds is 4. The highest BCUT2D eigenvalue weighted by atomic mass is 16.2. The van der Waals surface area contributed by atoms with Gasteiger partial charge in [0.25, 0.3) is 0 Å². The third kappa shape index (κ3) is 3.30. The summed E-state index contributed by atoms with van der Waals surface area (Å²) in [5, 5.41) is 0. The monoisotopic (exact) mass is 269 g/mol. The lowest BCUT2D eigenvalue weighted by Gasteiger charge is -2.35. The molecule has 2 aliphatic rings. The van der Waals surface area contributed by atoms with E-state index in [-0.39, 0.29) is 0 Å². The maximum atomic E-state index is 12.3. The molecule has 1 unspecified atom stereocenters. The van der Waals surface area contributed by atoms with E-state index < -0.39 is 0 Å². The first-order valence-corrected chi connectivity index (χ1v) is 7.86. The zero-order chi connectivity index (χ0) is 13.8. The van der Waals surface area contributed by atoms with Crippen LogP contribution in [0.3, 0.4) is 0 Å². The molecule has 2 nitrogen and oxygen atoms in total. The van der Waals surface area contributed by atoms with E-state index in [9.17, 15) is 4.79 Å². The summed E-state index contributed by atoms with van der Waals surface area (Å²) in [5.74, 6) is 0.775. The summed E-state index contributed by atoms with van der Waals surface area (Å²) in [6, 6.07) is 10.8. The summed E-state index contributed by atoms with van der Waals surface area (Å²) in [6.07, 6.45) is 11.2.